The molecule has 1 heterocycles. The first kappa shape index (κ1) is 25.3. The highest BCUT2D eigenvalue weighted by molar-refractivity contribution is 9.10. The van der Waals surface area contributed by atoms with Crippen LogP contribution in [0.4, 0.5) is 5.69 Å². The molecule has 0 aromatic heterocycles. The molecule has 1 fully saturated rings. The first-order valence-electron chi connectivity index (χ1n) is 11.5. The molecule has 35 heavy (non-hydrogen) atoms. The van der Waals surface area contributed by atoms with E-state index in [2.05, 4.69) is 35.1 Å². The number of anilines is 1. The first-order valence-corrected chi connectivity index (χ1v) is 13.7. The second kappa shape index (κ2) is 10.4. The molecule has 1 N–H and O–H groups in total. The maximum atomic E-state index is 13.1. The summed E-state index contributed by atoms with van der Waals surface area (Å²) < 4.78 is 28.5. The number of piperidine rings is 1. The van der Waals surface area contributed by atoms with Gasteiger partial charge in [-0.25, -0.2) is 8.42 Å². The summed E-state index contributed by atoms with van der Waals surface area (Å²) >= 11 is 3.39. The van der Waals surface area contributed by atoms with E-state index in [1.54, 1.807) is 42.5 Å². The van der Waals surface area contributed by atoms with E-state index in [1.165, 1.54) is 28.6 Å². The zero-order chi connectivity index (χ0) is 25.2. The zero-order valence-corrected chi connectivity index (χ0v) is 22.0. The minimum atomic E-state index is -3.63. The number of amides is 1. The molecule has 3 aromatic carbocycles. The Morgan fingerprint density at radius 1 is 0.886 bits per heavy atom. The van der Waals surface area contributed by atoms with Crippen LogP contribution in [0.15, 0.2) is 82.2 Å². The Balaban J connectivity index is 1.54. The first-order chi connectivity index (χ1) is 16.6. The summed E-state index contributed by atoms with van der Waals surface area (Å²) in [5.41, 5.74) is 1.54. The molecule has 2 atom stereocenters. The number of halogens is 1. The third kappa shape index (κ3) is 5.72. The van der Waals surface area contributed by atoms with Gasteiger partial charge in [0, 0.05) is 34.3 Å². The van der Waals surface area contributed by atoms with E-state index in [0.717, 1.165) is 6.42 Å². The maximum Gasteiger partial charge on any atom is 0.255 e. The van der Waals surface area contributed by atoms with Crippen molar-refractivity contribution < 1.29 is 18.0 Å². The molecule has 0 bridgehead atoms. The molecule has 0 aliphatic carbocycles. The van der Waals surface area contributed by atoms with E-state index in [9.17, 15) is 18.0 Å². The average Bonchev–Trinajstić information content (AvgIpc) is 2.84. The van der Waals surface area contributed by atoms with Crippen LogP contribution in [-0.4, -0.2) is 37.5 Å². The quantitative estimate of drug-likeness (QED) is 0.402. The van der Waals surface area contributed by atoms with Crippen LogP contribution < -0.4 is 5.32 Å². The van der Waals surface area contributed by atoms with Gasteiger partial charge >= 0.3 is 0 Å². The SMILES string of the molecule is C[C@@H]1C[C@H](C)CN(S(=O)(=O)c2ccc(C(=O)Nc3ccc(Br)cc3C(=O)c3ccccc3)cc2)C1. The van der Waals surface area contributed by atoms with Crippen LogP contribution in [0.2, 0.25) is 0 Å². The molecule has 1 saturated heterocycles. The number of nitrogens with zero attached hydrogens (tertiary/aromatic N) is 1. The van der Waals surface area contributed by atoms with Crippen LogP contribution in [0.1, 0.15) is 46.5 Å². The lowest BCUT2D eigenvalue weighted by molar-refractivity contribution is 0.102. The Morgan fingerprint density at radius 3 is 2.14 bits per heavy atom. The summed E-state index contributed by atoms with van der Waals surface area (Å²) in [4.78, 5) is 26.2. The van der Waals surface area contributed by atoms with E-state index in [1.807, 2.05) is 6.07 Å². The molecule has 0 unspecified atom stereocenters. The molecule has 182 valence electrons. The fraction of sp³-hybridized carbons (Fsp3) is 0.259. The fourth-order valence-electron chi connectivity index (χ4n) is 4.48. The Morgan fingerprint density at radius 2 is 1.51 bits per heavy atom. The van der Waals surface area contributed by atoms with Gasteiger partial charge in [0.1, 0.15) is 0 Å². The van der Waals surface area contributed by atoms with Gasteiger partial charge in [-0.05, 0) is 60.7 Å². The van der Waals surface area contributed by atoms with Crippen molar-refractivity contribution in [2.24, 2.45) is 11.8 Å². The number of ketones is 1. The molecule has 1 aliphatic rings. The van der Waals surface area contributed by atoms with Gasteiger partial charge < -0.3 is 5.32 Å². The molecular formula is C27H27BrN2O4S. The Hall–Kier alpha value is -2.81. The van der Waals surface area contributed by atoms with Crippen LogP contribution in [-0.2, 0) is 10.0 Å². The predicted molar refractivity (Wildman–Crippen MR) is 140 cm³/mol. The summed E-state index contributed by atoms with van der Waals surface area (Å²) in [6.07, 6.45) is 1.01. The van der Waals surface area contributed by atoms with Crippen LogP contribution in [0.5, 0.6) is 0 Å². The predicted octanol–water partition coefficient (Wildman–Crippen LogP) is 5.60. The van der Waals surface area contributed by atoms with Crippen LogP contribution >= 0.6 is 15.9 Å². The number of carbonyl (C=O) groups is 2. The van der Waals surface area contributed by atoms with Gasteiger partial charge in [0.2, 0.25) is 10.0 Å². The summed E-state index contributed by atoms with van der Waals surface area (Å²) in [5, 5.41) is 2.80. The smallest absolute Gasteiger partial charge is 0.255 e. The maximum absolute atomic E-state index is 13.1. The van der Waals surface area contributed by atoms with Crippen molar-refractivity contribution in [2.75, 3.05) is 18.4 Å². The highest BCUT2D eigenvalue weighted by Crippen LogP contribution is 2.28. The van der Waals surface area contributed by atoms with Gasteiger partial charge in [0.25, 0.3) is 5.91 Å². The average molecular weight is 555 g/mol. The highest BCUT2D eigenvalue weighted by atomic mass is 79.9. The molecule has 6 nitrogen and oxygen atoms in total. The van der Waals surface area contributed by atoms with E-state index < -0.39 is 15.9 Å². The van der Waals surface area contributed by atoms with Crippen molar-refractivity contribution in [3.8, 4) is 0 Å². The van der Waals surface area contributed by atoms with Crippen molar-refractivity contribution in [2.45, 2.75) is 25.2 Å². The molecule has 0 radical (unpaired) electrons. The minimum Gasteiger partial charge on any atom is -0.321 e. The van der Waals surface area contributed by atoms with Gasteiger partial charge in [0.05, 0.1) is 10.6 Å². The number of carbonyl (C=O) groups excluding carboxylic acids is 2. The van der Waals surface area contributed by atoms with E-state index >= 15 is 0 Å². The Labute approximate surface area is 214 Å². The molecule has 3 aromatic rings. The lowest BCUT2D eigenvalue weighted by atomic mass is 9.94. The Kier molecular flexibility index (Phi) is 7.54. The number of hydrogen-bond acceptors (Lipinski definition) is 4. The molecular weight excluding hydrogens is 528 g/mol. The topological polar surface area (TPSA) is 83.6 Å². The molecule has 1 amide bonds. The van der Waals surface area contributed by atoms with Gasteiger partial charge in [-0.3, -0.25) is 9.59 Å². The standard InChI is InChI=1S/C27H27BrN2O4S/c1-18-14-19(2)17-30(16-18)35(33,34)23-11-8-21(9-12-23)27(32)29-25-13-10-22(28)15-24(25)26(31)20-6-4-3-5-7-20/h3-13,15,18-19H,14,16-17H2,1-2H3,(H,29,32)/t18-,19+. The number of hydrogen-bond donors (Lipinski definition) is 1. The van der Waals surface area contributed by atoms with Crippen LogP contribution in [0, 0.1) is 11.8 Å². The number of rotatable bonds is 6. The van der Waals surface area contributed by atoms with Crippen molar-refractivity contribution >= 4 is 43.3 Å². The van der Waals surface area contributed by atoms with Crippen molar-refractivity contribution in [3.05, 3.63) is 94.0 Å². The van der Waals surface area contributed by atoms with Crippen LogP contribution in [0.3, 0.4) is 0 Å². The molecule has 0 saturated carbocycles. The van der Waals surface area contributed by atoms with Gasteiger partial charge in [-0.1, -0.05) is 60.1 Å². The normalized spacial score (nSPS) is 18.7. The minimum absolute atomic E-state index is 0.166. The lowest BCUT2D eigenvalue weighted by Crippen LogP contribution is -2.42. The van der Waals surface area contributed by atoms with Crippen molar-refractivity contribution in [1.29, 1.82) is 0 Å². The summed E-state index contributed by atoms with van der Waals surface area (Å²) in [6, 6.07) is 19.8. The Bertz CT molecular complexity index is 1330. The van der Waals surface area contributed by atoms with Gasteiger partial charge in [0.15, 0.2) is 5.78 Å². The third-order valence-corrected chi connectivity index (χ3v) is 8.44. The second-order valence-corrected chi connectivity index (χ2v) is 12.0. The summed E-state index contributed by atoms with van der Waals surface area (Å²) in [7, 11) is -3.63. The number of sulfonamides is 1. The summed E-state index contributed by atoms with van der Waals surface area (Å²) in [5.74, 6) is -0.0400. The van der Waals surface area contributed by atoms with Crippen LogP contribution in [0.25, 0.3) is 0 Å². The molecule has 8 heteroatoms. The second-order valence-electron chi connectivity index (χ2n) is 9.13. The molecule has 4 rings (SSSR count). The monoisotopic (exact) mass is 554 g/mol. The third-order valence-electron chi connectivity index (χ3n) is 6.10. The van der Waals surface area contributed by atoms with Gasteiger partial charge in [-0.2, -0.15) is 4.31 Å². The fourth-order valence-corrected chi connectivity index (χ4v) is 6.52. The van der Waals surface area contributed by atoms with E-state index in [-0.39, 0.29) is 10.7 Å². The van der Waals surface area contributed by atoms with Crippen molar-refractivity contribution in [1.82, 2.24) is 4.31 Å². The van der Waals surface area contributed by atoms with Gasteiger partial charge in [-0.15, -0.1) is 0 Å². The highest BCUT2D eigenvalue weighted by Gasteiger charge is 2.31. The summed E-state index contributed by atoms with van der Waals surface area (Å²) in [6.45, 7) is 5.11. The molecule has 1 aliphatic heterocycles. The molecule has 0 spiro atoms. The largest absolute Gasteiger partial charge is 0.321 e. The van der Waals surface area contributed by atoms with E-state index in [4.69, 9.17) is 0 Å². The van der Waals surface area contributed by atoms with Crippen molar-refractivity contribution in [3.63, 3.8) is 0 Å². The number of nitrogens with one attached hydrogen (secondary N) is 1. The zero-order valence-electron chi connectivity index (χ0n) is 19.6. The number of benzene rings is 3. The lowest BCUT2D eigenvalue weighted by Gasteiger charge is -2.34. The van der Waals surface area contributed by atoms with E-state index in [0.29, 0.717) is 51.8 Å².